The molecule has 3 fully saturated rings. The zero-order chi connectivity index (χ0) is 40.2. The van der Waals surface area contributed by atoms with E-state index in [1.807, 2.05) is 12.1 Å². The second-order valence-electron chi connectivity index (χ2n) is 16.0. The van der Waals surface area contributed by atoms with Gasteiger partial charge in [0.05, 0.1) is 28.3 Å². The van der Waals surface area contributed by atoms with Crippen molar-refractivity contribution < 1.29 is 55.0 Å². The Morgan fingerprint density at radius 3 is 2.52 bits per heavy atom. The van der Waals surface area contributed by atoms with Crippen LogP contribution in [0.5, 0.6) is 5.88 Å². The number of sulfonamides is 1. The summed E-state index contributed by atoms with van der Waals surface area (Å²) in [7, 11) is -4.05. The Morgan fingerprint density at radius 2 is 1.80 bits per heavy atom. The highest BCUT2D eigenvalue weighted by atomic mass is 32.2. The Kier molecular flexibility index (Phi) is 10.5. The molecule has 16 heteroatoms. The molecule has 2 N–H and O–H groups in total. The summed E-state index contributed by atoms with van der Waals surface area (Å²) in [5, 5.41) is 11.7. The third-order valence-corrected chi connectivity index (χ3v) is 14.1. The van der Waals surface area contributed by atoms with Crippen molar-refractivity contribution in [2.24, 2.45) is 17.3 Å². The number of carbonyl (C=O) groups is 4. The zero-order valence-electron chi connectivity index (χ0n) is 30.7. The lowest BCUT2D eigenvalue weighted by atomic mass is 9.90. The summed E-state index contributed by atoms with van der Waals surface area (Å²) >= 11 is 0. The summed E-state index contributed by atoms with van der Waals surface area (Å²) in [6, 6.07) is 9.97. The van der Waals surface area contributed by atoms with Gasteiger partial charge in [-0.2, -0.15) is 13.2 Å². The van der Waals surface area contributed by atoms with Crippen LogP contribution in [0.1, 0.15) is 77.6 Å². The molecule has 2 saturated carbocycles. The van der Waals surface area contributed by atoms with Gasteiger partial charge in [0, 0.05) is 42.0 Å². The van der Waals surface area contributed by atoms with Gasteiger partial charge in [-0.15, -0.1) is 0 Å². The first-order valence-corrected chi connectivity index (χ1v) is 20.4. The molecule has 7 rings (SSSR count). The molecule has 0 unspecified atom stereocenters. The number of aromatic nitrogens is 1. The fourth-order valence-electron chi connectivity index (χ4n) is 8.10. The van der Waals surface area contributed by atoms with E-state index in [1.54, 1.807) is 30.3 Å². The molecule has 56 heavy (non-hydrogen) atoms. The molecule has 0 bridgehead atoms. The number of nitrogens with zero attached hydrogens (tertiary/aromatic N) is 2. The fourth-order valence-corrected chi connectivity index (χ4v) is 9.44. The van der Waals surface area contributed by atoms with E-state index in [0.29, 0.717) is 54.7 Å². The number of hydrogen-bond donors (Lipinski definition) is 2. The van der Waals surface area contributed by atoms with Gasteiger partial charge in [-0.3, -0.25) is 23.9 Å². The van der Waals surface area contributed by atoms with Gasteiger partial charge >= 0.3 is 6.18 Å². The molecule has 2 aliphatic heterocycles. The number of benzene rings is 2. The second-order valence-corrected chi connectivity index (χ2v) is 18.2. The van der Waals surface area contributed by atoms with E-state index >= 15 is 0 Å². The van der Waals surface area contributed by atoms with Crippen LogP contribution in [-0.2, 0) is 29.2 Å². The number of allylic oxidation sites excluding steroid dienone is 2. The molecule has 4 aliphatic rings. The Labute approximate surface area is 320 Å². The van der Waals surface area contributed by atoms with Crippen molar-refractivity contribution in [2.45, 2.75) is 107 Å². The molecule has 2 aliphatic carbocycles. The summed E-state index contributed by atoms with van der Waals surface area (Å²) in [6.45, 7) is 1.29. The van der Waals surface area contributed by atoms with Gasteiger partial charge in [0.2, 0.25) is 33.8 Å². The average molecular weight is 802 g/mol. The third-order valence-electron chi connectivity index (χ3n) is 11.9. The van der Waals surface area contributed by atoms with E-state index in [-0.39, 0.29) is 37.2 Å². The first-order chi connectivity index (χ1) is 26.4. The van der Waals surface area contributed by atoms with Crippen LogP contribution in [0.3, 0.4) is 0 Å². The highest BCUT2D eigenvalue weighted by Gasteiger charge is 2.62. The SMILES string of the molecule is CC1(S(=O)(=O)NC(=O)[C@]23CC(=O)[C@@H]4C[C@@H](Oc5nc6cc(F)ccc6c6ccccc56)CN4C(=O)[C@@H](CC(=O)[C@@H](O)C(F)(F)F)CCCCC/C=C\[C@@H]2C3)CC1. The van der Waals surface area contributed by atoms with Crippen molar-refractivity contribution in [3.63, 3.8) is 0 Å². The van der Waals surface area contributed by atoms with Crippen LogP contribution < -0.4 is 9.46 Å². The highest BCUT2D eigenvalue weighted by molar-refractivity contribution is 7.91. The predicted octanol–water partition coefficient (Wildman–Crippen LogP) is 5.86. The first kappa shape index (κ1) is 39.8. The normalized spacial score (nSPS) is 28.1. The monoisotopic (exact) mass is 801 g/mol. The molecule has 0 radical (unpaired) electrons. The second kappa shape index (κ2) is 14.8. The van der Waals surface area contributed by atoms with Gasteiger partial charge in [-0.05, 0) is 75.0 Å². The minimum atomic E-state index is -5.24. The maximum Gasteiger partial charge on any atom is 0.421 e. The number of aliphatic hydroxyl groups is 1. The number of halogens is 4. The molecule has 1 saturated heterocycles. The van der Waals surface area contributed by atoms with Gasteiger partial charge in [0.15, 0.2) is 11.6 Å². The van der Waals surface area contributed by atoms with Crippen LogP contribution in [0.15, 0.2) is 54.6 Å². The number of amides is 2. The molecule has 1 aromatic heterocycles. The van der Waals surface area contributed by atoms with Crippen molar-refractivity contribution in [2.75, 3.05) is 6.54 Å². The lowest BCUT2D eigenvalue weighted by Gasteiger charge is -2.29. The third kappa shape index (κ3) is 7.78. The predicted molar refractivity (Wildman–Crippen MR) is 196 cm³/mol. The van der Waals surface area contributed by atoms with E-state index in [1.165, 1.54) is 24.0 Å². The molecule has 3 aromatic rings. The van der Waals surface area contributed by atoms with Gasteiger partial charge in [-0.1, -0.05) is 43.2 Å². The molecule has 0 spiro atoms. The quantitative estimate of drug-likeness (QED) is 0.162. The van der Waals surface area contributed by atoms with Crippen LogP contribution in [0.4, 0.5) is 17.6 Å². The van der Waals surface area contributed by atoms with E-state index in [4.69, 9.17) is 4.74 Å². The maximum atomic E-state index is 14.5. The van der Waals surface area contributed by atoms with Gasteiger partial charge in [-0.25, -0.2) is 17.8 Å². The Balaban J connectivity index is 1.23. The van der Waals surface area contributed by atoms with Crippen LogP contribution in [0.25, 0.3) is 21.7 Å². The number of ether oxygens (including phenoxy) is 1. The summed E-state index contributed by atoms with van der Waals surface area (Å²) in [5.74, 6) is -5.97. The molecule has 11 nitrogen and oxygen atoms in total. The standard InChI is InChI=1S/C40H43F4N3O8S/c1-38(15-16-38)56(53,54)46-37(52)39-20-24(39)10-6-4-2-3-5-9-23(17-32(48)34(50)40(42,43)44)36(51)47-22-26(19-31(47)33(49)21-39)55-35-29-12-8-7-11-27(29)28-14-13-25(41)18-30(28)45-35/h6-8,10-14,18,23-24,26,31,34,50H,2-5,9,15-17,19-22H2,1H3,(H,46,52)/b10-6-/t23-,24-,26-,31+,34-,39-/m1/s1. The van der Waals surface area contributed by atoms with Gasteiger partial charge < -0.3 is 14.7 Å². The van der Waals surface area contributed by atoms with Crippen LogP contribution in [-0.4, -0.2) is 82.5 Å². The van der Waals surface area contributed by atoms with Crippen molar-refractivity contribution in [1.29, 1.82) is 0 Å². The van der Waals surface area contributed by atoms with Crippen molar-refractivity contribution in [3.05, 3.63) is 60.4 Å². The number of alkyl halides is 3. The number of carbonyl (C=O) groups excluding carboxylic acids is 4. The smallest absolute Gasteiger partial charge is 0.421 e. The Morgan fingerprint density at radius 1 is 1.07 bits per heavy atom. The average Bonchev–Trinajstić information content (AvgIpc) is 4.02. The van der Waals surface area contributed by atoms with E-state index in [0.717, 1.165) is 0 Å². The summed E-state index contributed by atoms with van der Waals surface area (Å²) in [4.78, 5) is 61.2. The summed E-state index contributed by atoms with van der Waals surface area (Å²) in [5.41, 5.74) is -1.14. The number of aliphatic hydroxyl groups excluding tert-OH is 1. The molecule has 300 valence electrons. The lowest BCUT2D eigenvalue weighted by molar-refractivity contribution is -0.204. The maximum absolute atomic E-state index is 14.5. The fraction of sp³-hybridized carbons (Fsp3) is 0.525. The number of pyridine rings is 1. The number of Topliss-reactive ketones (excluding diaryl/α,β-unsaturated/α-hetero) is 2. The molecular formula is C40H43F4N3O8S. The largest absolute Gasteiger partial charge is 0.472 e. The van der Waals surface area contributed by atoms with E-state index < -0.39 is 98.5 Å². The first-order valence-electron chi connectivity index (χ1n) is 18.9. The molecule has 2 amide bonds. The van der Waals surface area contributed by atoms with Crippen LogP contribution in [0.2, 0.25) is 0 Å². The van der Waals surface area contributed by atoms with Crippen molar-refractivity contribution in [3.8, 4) is 5.88 Å². The van der Waals surface area contributed by atoms with Crippen molar-refractivity contribution in [1.82, 2.24) is 14.6 Å². The summed E-state index contributed by atoms with van der Waals surface area (Å²) < 4.78 is 88.2. The molecule has 3 heterocycles. The number of nitrogens with one attached hydrogen (secondary N) is 1. The van der Waals surface area contributed by atoms with Crippen LogP contribution >= 0.6 is 0 Å². The van der Waals surface area contributed by atoms with E-state index in [9.17, 15) is 50.3 Å². The topological polar surface area (TPSA) is 160 Å². The molecule has 6 atom stereocenters. The van der Waals surface area contributed by atoms with E-state index in [2.05, 4.69) is 9.71 Å². The number of hydrogen-bond acceptors (Lipinski definition) is 9. The molecule has 2 aromatic carbocycles. The Hall–Kier alpha value is -4.44. The van der Waals surface area contributed by atoms with Gasteiger partial charge in [0.25, 0.3) is 0 Å². The number of ketones is 2. The summed E-state index contributed by atoms with van der Waals surface area (Å²) in [6.07, 6.45) is -4.23. The van der Waals surface area contributed by atoms with Crippen LogP contribution in [0, 0.1) is 23.1 Å². The minimum Gasteiger partial charge on any atom is -0.472 e. The van der Waals surface area contributed by atoms with Gasteiger partial charge in [0.1, 0.15) is 11.9 Å². The number of rotatable bonds is 8. The van der Waals surface area contributed by atoms with Crippen molar-refractivity contribution >= 4 is 55.1 Å². The minimum absolute atomic E-state index is 0.00975. The Bertz CT molecular complexity index is 2230. The molecular weight excluding hydrogens is 759 g/mol. The lowest BCUT2D eigenvalue weighted by Crippen LogP contribution is -2.47. The zero-order valence-corrected chi connectivity index (χ0v) is 31.5. The highest BCUT2D eigenvalue weighted by Crippen LogP contribution is 2.57. The number of fused-ring (bicyclic) bond motifs is 5.